The molecule has 2 aromatic rings. The van der Waals surface area contributed by atoms with Gasteiger partial charge < -0.3 is 0 Å². The fraction of sp³-hybridized carbons (Fsp3) is 0. The second-order valence-electron chi connectivity index (χ2n) is 3.03. The van der Waals surface area contributed by atoms with Gasteiger partial charge in [-0.2, -0.15) is 0 Å². The minimum atomic E-state index is -2.18. The first kappa shape index (κ1) is 14.8. The molecule has 0 spiro atoms. The third kappa shape index (κ3) is 5.30. The third-order valence-electron chi connectivity index (χ3n) is 1.85. The topological polar surface area (TPSA) is 35.5 Å². The maximum Gasteiger partial charge on any atom is 0.805 e. The van der Waals surface area contributed by atoms with Crippen molar-refractivity contribution in [2.24, 2.45) is 0 Å². The average Bonchev–Trinajstić information content (AvgIpc) is 2.31. The van der Waals surface area contributed by atoms with Gasteiger partial charge in [0, 0.05) is 55.9 Å². The minimum absolute atomic E-state index is 0. The smallest absolute Gasteiger partial charge is 0.222 e. The largest absolute Gasteiger partial charge is 0.805 e. The molecule has 17 heavy (non-hydrogen) atoms. The van der Waals surface area contributed by atoms with Crippen LogP contribution in [0.1, 0.15) is 0 Å². The van der Waals surface area contributed by atoms with Gasteiger partial charge in [-0.05, 0) is 24.3 Å². The number of para-hydroxylation sites is 2. The molecule has 5 heteroatoms. The molecule has 0 aliphatic carbocycles. The van der Waals surface area contributed by atoms with E-state index in [-0.39, 0.29) is 51.4 Å². The quantitative estimate of drug-likeness (QED) is 0.632. The van der Waals surface area contributed by atoms with Gasteiger partial charge in [-0.15, -0.1) is 0 Å². The van der Waals surface area contributed by atoms with Crippen LogP contribution in [0, 0.1) is 0 Å². The predicted molar refractivity (Wildman–Crippen MR) is 67.5 cm³/mol. The molecule has 0 atom stereocenters. The van der Waals surface area contributed by atoms with Crippen molar-refractivity contribution in [3.05, 3.63) is 60.7 Å². The molecule has 0 heterocycles. The van der Waals surface area contributed by atoms with Crippen LogP contribution in [0.25, 0.3) is 0 Å². The molecule has 3 nitrogen and oxygen atoms in total. The summed E-state index contributed by atoms with van der Waals surface area (Å²) in [6, 6.07) is 17.8. The van der Waals surface area contributed by atoms with Crippen molar-refractivity contribution in [2.45, 2.75) is 0 Å². The molecule has 0 saturated heterocycles. The Hall–Kier alpha value is -0.224. The van der Waals surface area contributed by atoms with Crippen molar-refractivity contribution in [3.63, 3.8) is 0 Å². The Morgan fingerprint density at radius 1 is 0.706 bits per heavy atom. The summed E-state index contributed by atoms with van der Waals surface area (Å²) in [7, 11) is -2.18. The number of benzene rings is 2. The third-order valence-corrected chi connectivity index (χ3v) is 2.57. The molecule has 0 aliphatic rings. The zero-order valence-electron chi connectivity index (χ0n) is 9.45. The Labute approximate surface area is 144 Å². The van der Waals surface area contributed by atoms with E-state index in [1.807, 2.05) is 12.1 Å². The predicted octanol–water partition coefficient (Wildman–Crippen LogP) is 3.42. The van der Waals surface area contributed by atoms with Gasteiger partial charge in [-0.3, -0.25) is 0 Å². The molecular formula is C12H10KO3P+. The Morgan fingerprint density at radius 3 is 1.41 bits per heavy atom. The second-order valence-corrected chi connectivity index (χ2v) is 3.84. The van der Waals surface area contributed by atoms with Crippen molar-refractivity contribution in [1.82, 2.24) is 0 Å². The number of hydrogen-bond donors (Lipinski definition) is 0. The Balaban J connectivity index is 0.00000144. The summed E-state index contributed by atoms with van der Waals surface area (Å²) in [5.41, 5.74) is 0. The Kier molecular flexibility index (Phi) is 6.96. The van der Waals surface area contributed by atoms with Crippen molar-refractivity contribution < 1.29 is 13.6 Å². The number of rotatable bonds is 4. The fourth-order valence-corrected chi connectivity index (χ4v) is 1.78. The molecule has 81 valence electrons. The fourth-order valence-electron chi connectivity index (χ4n) is 1.15. The van der Waals surface area contributed by atoms with Crippen LogP contribution in [-0.4, -0.2) is 51.4 Å². The summed E-state index contributed by atoms with van der Waals surface area (Å²) < 4.78 is 21.7. The van der Waals surface area contributed by atoms with Gasteiger partial charge in [0.15, 0.2) is 11.5 Å². The summed E-state index contributed by atoms with van der Waals surface area (Å²) in [6.07, 6.45) is 0. The zero-order valence-corrected chi connectivity index (χ0v) is 13.5. The zero-order chi connectivity index (χ0) is 11.2. The molecule has 0 aromatic heterocycles. The molecule has 0 bridgehead atoms. The van der Waals surface area contributed by atoms with E-state index in [2.05, 4.69) is 0 Å². The van der Waals surface area contributed by atoms with E-state index in [0.29, 0.717) is 11.5 Å². The monoisotopic (exact) mass is 272 g/mol. The van der Waals surface area contributed by atoms with Crippen LogP contribution in [-0.2, 0) is 4.57 Å². The first-order chi connectivity index (χ1) is 7.84. The molecular weight excluding hydrogens is 262 g/mol. The molecule has 0 aliphatic heterocycles. The van der Waals surface area contributed by atoms with Gasteiger partial charge in [0.2, 0.25) is 0 Å². The SMILES string of the molecule is O=[P+](Oc1ccccc1)Oc1ccccc1.[K]. The van der Waals surface area contributed by atoms with E-state index < -0.39 is 8.25 Å². The minimum Gasteiger partial charge on any atom is -0.222 e. The molecule has 0 N–H and O–H groups in total. The van der Waals surface area contributed by atoms with Crippen molar-refractivity contribution in [1.29, 1.82) is 0 Å². The van der Waals surface area contributed by atoms with Crippen molar-refractivity contribution in [2.75, 3.05) is 0 Å². The normalized spacial score (nSPS) is 8.94. The average molecular weight is 272 g/mol. The van der Waals surface area contributed by atoms with Gasteiger partial charge in [-0.25, -0.2) is 9.05 Å². The molecule has 2 rings (SSSR count). The summed E-state index contributed by atoms with van der Waals surface area (Å²) >= 11 is 0. The maximum absolute atomic E-state index is 11.5. The van der Waals surface area contributed by atoms with Crippen LogP contribution >= 0.6 is 8.25 Å². The van der Waals surface area contributed by atoms with Crippen molar-refractivity contribution >= 4 is 59.6 Å². The summed E-state index contributed by atoms with van der Waals surface area (Å²) in [6.45, 7) is 0. The van der Waals surface area contributed by atoms with Gasteiger partial charge in [0.05, 0.1) is 0 Å². The van der Waals surface area contributed by atoms with E-state index >= 15 is 0 Å². The molecule has 2 aromatic carbocycles. The van der Waals surface area contributed by atoms with Gasteiger partial charge in [0.25, 0.3) is 0 Å². The molecule has 1 radical (unpaired) electrons. The van der Waals surface area contributed by atoms with Gasteiger partial charge in [0.1, 0.15) is 0 Å². The van der Waals surface area contributed by atoms with E-state index in [4.69, 9.17) is 9.05 Å². The van der Waals surface area contributed by atoms with E-state index in [9.17, 15) is 4.57 Å². The van der Waals surface area contributed by atoms with Crippen molar-refractivity contribution in [3.8, 4) is 11.5 Å². The van der Waals surface area contributed by atoms with Crippen LogP contribution in [0.4, 0.5) is 0 Å². The van der Waals surface area contributed by atoms with E-state index in [1.54, 1.807) is 48.5 Å². The van der Waals surface area contributed by atoms with Gasteiger partial charge >= 0.3 is 8.25 Å². The van der Waals surface area contributed by atoms with E-state index in [1.165, 1.54) is 0 Å². The van der Waals surface area contributed by atoms with Crippen LogP contribution < -0.4 is 9.05 Å². The second kappa shape index (κ2) is 7.98. The Morgan fingerprint density at radius 2 is 1.06 bits per heavy atom. The first-order valence-corrected chi connectivity index (χ1v) is 5.87. The molecule has 0 unspecified atom stereocenters. The maximum atomic E-state index is 11.5. The summed E-state index contributed by atoms with van der Waals surface area (Å²) in [5.74, 6) is 1.05. The molecule has 0 amide bonds. The van der Waals surface area contributed by atoms with Crippen LogP contribution in [0.2, 0.25) is 0 Å². The standard InChI is InChI=1S/C12H10O3P.K/c13-16(14-11-7-3-1-4-8-11)15-12-9-5-2-6-10-12;/h1-10H;/q+1;. The van der Waals surface area contributed by atoms with E-state index in [0.717, 1.165) is 0 Å². The summed E-state index contributed by atoms with van der Waals surface area (Å²) in [4.78, 5) is 0. The van der Waals surface area contributed by atoms with Crippen LogP contribution in [0.5, 0.6) is 11.5 Å². The molecule has 0 saturated carbocycles. The van der Waals surface area contributed by atoms with Gasteiger partial charge in [-0.1, -0.05) is 36.4 Å². The Bertz CT molecular complexity index is 418. The van der Waals surface area contributed by atoms with Crippen LogP contribution in [0.3, 0.4) is 0 Å². The number of hydrogen-bond acceptors (Lipinski definition) is 3. The summed E-state index contributed by atoms with van der Waals surface area (Å²) in [5, 5.41) is 0. The molecule has 0 fully saturated rings. The first-order valence-electron chi connectivity index (χ1n) is 4.78. The van der Waals surface area contributed by atoms with Crippen LogP contribution in [0.15, 0.2) is 60.7 Å².